The molecular formula is C12H20N2O2S. The summed E-state index contributed by atoms with van der Waals surface area (Å²) in [6.07, 6.45) is 1.04. The molecule has 2 N–H and O–H groups in total. The van der Waals surface area contributed by atoms with Crippen molar-refractivity contribution < 1.29 is 9.53 Å². The van der Waals surface area contributed by atoms with Crippen molar-refractivity contribution in [2.75, 3.05) is 26.8 Å². The summed E-state index contributed by atoms with van der Waals surface area (Å²) in [5.41, 5.74) is 1.36. The molecule has 1 amide bonds. The molecule has 4 nitrogen and oxygen atoms in total. The number of amides is 1. The molecule has 0 aliphatic rings. The molecule has 96 valence electrons. The number of nitrogens with one attached hydrogen (secondary N) is 2. The second-order valence-electron chi connectivity index (χ2n) is 3.67. The Morgan fingerprint density at radius 3 is 3.06 bits per heavy atom. The third-order valence-corrected chi connectivity index (χ3v) is 3.38. The maximum Gasteiger partial charge on any atom is 0.234 e. The Bertz CT molecular complexity index is 339. The summed E-state index contributed by atoms with van der Waals surface area (Å²) in [7, 11) is 1.62. The fourth-order valence-corrected chi connectivity index (χ4v) is 2.43. The highest BCUT2D eigenvalue weighted by Crippen LogP contribution is 2.16. The van der Waals surface area contributed by atoms with Gasteiger partial charge in [-0.3, -0.25) is 4.79 Å². The highest BCUT2D eigenvalue weighted by atomic mass is 32.1. The van der Waals surface area contributed by atoms with Crippen LogP contribution >= 0.6 is 11.3 Å². The maximum atomic E-state index is 11.4. The molecular weight excluding hydrogens is 236 g/mol. The number of aryl methyl sites for hydroxylation is 1. The molecule has 1 aromatic rings. The van der Waals surface area contributed by atoms with Crippen molar-refractivity contribution in [3.8, 4) is 0 Å². The van der Waals surface area contributed by atoms with Crippen LogP contribution in [0.1, 0.15) is 17.4 Å². The van der Waals surface area contributed by atoms with Crippen LogP contribution in [0.25, 0.3) is 0 Å². The smallest absolute Gasteiger partial charge is 0.234 e. The van der Waals surface area contributed by atoms with E-state index in [2.05, 4.69) is 29.0 Å². The predicted molar refractivity (Wildman–Crippen MR) is 70.3 cm³/mol. The lowest BCUT2D eigenvalue weighted by molar-refractivity contribution is -0.120. The summed E-state index contributed by atoms with van der Waals surface area (Å²) in [5.74, 6) is 0.0108. The molecule has 0 unspecified atom stereocenters. The first-order valence-corrected chi connectivity index (χ1v) is 6.67. The second kappa shape index (κ2) is 8.22. The third kappa shape index (κ3) is 5.30. The second-order valence-corrected chi connectivity index (χ2v) is 4.67. The van der Waals surface area contributed by atoms with Crippen molar-refractivity contribution in [1.29, 1.82) is 0 Å². The molecule has 0 radical (unpaired) electrons. The lowest BCUT2D eigenvalue weighted by Crippen LogP contribution is -2.35. The maximum absolute atomic E-state index is 11.4. The van der Waals surface area contributed by atoms with Gasteiger partial charge in [-0.05, 0) is 23.4 Å². The Labute approximate surface area is 106 Å². The highest BCUT2D eigenvalue weighted by molar-refractivity contribution is 7.10. The van der Waals surface area contributed by atoms with Gasteiger partial charge in [-0.1, -0.05) is 6.92 Å². The summed E-state index contributed by atoms with van der Waals surface area (Å²) >= 11 is 1.73. The van der Waals surface area contributed by atoms with Crippen LogP contribution in [0.3, 0.4) is 0 Å². The molecule has 0 fully saturated rings. The number of hydrogen-bond donors (Lipinski definition) is 2. The van der Waals surface area contributed by atoms with Gasteiger partial charge in [0.05, 0.1) is 13.2 Å². The van der Waals surface area contributed by atoms with Gasteiger partial charge in [-0.15, -0.1) is 11.3 Å². The van der Waals surface area contributed by atoms with Gasteiger partial charge in [-0.2, -0.15) is 0 Å². The molecule has 0 saturated heterocycles. The van der Waals surface area contributed by atoms with Gasteiger partial charge < -0.3 is 15.4 Å². The molecule has 1 heterocycles. The molecule has 0 aromatic carbocycles. The van der Waals surface area contributed by atoms with Crippen LogP contribution in [-0.2, 0) is 22.5 Å². The molecule has 0 aliphatic heterocycles. The van der Waals surface area contributed by atoms with E-state index in [-0.39, 0.29) is 5.91 Å². The van der Waals surface area contributed by atoms with Crippen LogP contribution in [-0.4, -0.2) is 32.7 Å². The average Bonchev–Trinajstić information content (AvgIpc) is 2.77. The minimum absolute atomic E-state index is 0.0108. The van der Waals surface area contributed by atoms with Gasteiger partial charge in [0, 0.05) is 25.1 Å². The number of thiophene rings is 1. The Balaban J connectivity index is 2.17. The first kappa shape index (κ1) is 14.2. The average molecular weight is 256 g/mol. The van der Waals surface area contributed by atoms with E-state index in [1.54, 1.807) is 18.4 Å². The number of ether oxygens (including phenoxy) is 1. The SMILES string of the molecule is CCc1ccsc1CNCC(=O)NCCOC. The lowest BCUT2D eigenvalue weighted by Gasteiger charge is -2.06. The molecule has 0 spiro atoms. The number of carbonyl (C=O) groups excluding carboxylic acids is 1. The fourth-order valence-electron chi connectivity index (χ4n) is 1.48. The van der Waals surface area contributed by atoms with Crippen molar-refractivity contribution in [3.63, 3.8) is 0 Å². The molecule has 1 rings (SSSR count). The van der Waals surface area contributed by atoms with E-state index in [0.29, 0.717) is 19.7 Å². The van der Waals surface area contributed by atoms with Crippen molar-refractivity contribution in [3.05, 3.63) is 21.9 Å². The Morgan fingerprint density at radius 1 is 1.53 bits per heavy atom. The van der Waals surface area contributed by atoms with Gasteiger partial charge in [0.1, 0.15) is 0 Å². The van der Waals surface area contributed by atoms with Crippen LogP contribution < -0.4 is 10.6 Å². The Hall–Kier alpha value is -0.910. The van der Waals surface area contributed by atoms with Crippen molar-refractivity contribution in [2.45, 2.75) is 19.9 Å². The van der Waals surface area contributed by atoms with E-state index < -0.39 is 0 Å². The van der Waals surface area contributed by atoms with Crippen LogP contribution in [0, 0.1) is 0 Å². The molecule has 17 heavy (non-hydrogen) atoms. The number of rotatable bonds is 8. The predicted octanol–water partition coefficient (Wildman–Crippen LogP) is 1.16. The van der Waals surface area contributed by atoms with E-state index in [1.165, 1.54) is 10.4 Å². The van der Waals surface area contributed by atoms with E-state index in [9.17, 15) is 4.79 Å². The summed E-state index contributed by atoms with van der Waals surface area (Å²) in [4.78, 5) is 12.7. The first-order valence-electron chi connectivity index (χ1n) is 5.79. The summed E-state index contributed by atoms with van der Waals surface area (Å²) < 4.78 is 4.85. The summed E-state index contributed by atoms with van der Waals surface area (Å²) in [6.45, 7) is 4.37. The molecule has 0 aliphatic carbocycles. The molecule has 0 saturated carbocycles. The topological polar surface area (TPSA) is 50.4 Å². The number of hydrogen-bond acceptors (Lipinski definition) is 4. The van der Waals surface area contributed by atoms with Gasteiger partial charge >= 0.3 is 0 Å². The van der Waals surface area contributed by atoms with Gasteiger partial charge in [0.15, 0.2) is 0 Å². The lowest BCUT2D eigenvalue weighted by atomic mass is 10.2. The number of methoxy groups -OCH3 is 1. The van der Waals surface area contributed by atoms with Gasteiger partial charge in [0.2, 0.25) is 5.91 Å². The highest BCUT2D eigenvalue weighted by Gasteiger charge is 2.03. The zero-order valence-corrected chi connectivity index (χ0v) is 11.2. The molecule has 1 aromatic heterocycles. The first-order chi connectivity index (χ1) is 8.27. The van der Waals surface area contributed by atoms with Crippen molar-refractivity contribution >= 4 is 17.2 Å². The summed E-state index contributed by atoms with van der Waals surface area (Å²) in [6, 6.07) is 2.14. The van der Waals surface area contributed by atoms with Crippen molar-refractivity contribution in [1.82, 2.24) is 10.6 Å². The van der Waals surface area contributed by atoms with Gasteiger partial charge in [-0.25, -0.2) is 0 Å². The fraction of sp³-hybridized carbons (Fsp3) is 0.583. The van der Waals surface area contributed by atoms with Crippen LogP contribution in [0.2, 0.25) is 0 Å². The van der Waals surface area contributed by atoms with Crippen molar-refractivity contribution in [2.24, 2.45) is 0 Å². The number of carbonyl (C=O) groups is 1. The van der Waals surface area contributed by atoms with Crippen LogP contribution in [0.4, 0.5) is 0 Å². The van der Waals surface area contributed by atoms with E-state index in [4.69, 9.17) is 4.74 Å². The normalized spacial score (nSPS) is 10.5. The monoisotopic (exact) mass is 256 g/mol. The molecule has 0 bridgehead atoms. The molecule has 0 atom stereocenters. The van der Waals surface area contributed by atoms with Crippen LogP contribution in [0.15, 0.2) is 11.4 Å². The quantitative estimate of drug-likeness (QED) is 0.686. The zero-order chi connectivity index (χ0) is 12.5. The summed E-state index contributed by atoms with van der Waals surface area (Å²) in [5, 5.41) is 8.01. The van der Waals surface area contributed by atoms with Gasteiger partial charge in [0.25, 0.3) is 0 Å². The Morgan fingerprint density at radius 2 is 2.35 bits per heavy atom. The minimum Gasteiger partial charge on any atom is -0.383 e. The van der Waals surface area contributed by atoms with E-state index >= 15 is 0 Å². The standard InChI is InChI=1S/C12H20N2O2S/c1-3-10-4-7-17-11(10)8-13-9-12(15)14-5-6-16-2/h4,7,13H,3,5-6,8-9H2,1-2H3,(H,14,15). The van der Waals surface area contributed by atoms with Crippen LogP contribution in [0.5, 0.6) is 0 Å². The Kier molecular flexibility index (Phi) is 6.84. The molecule has 5 heteroatoms. The third-order valence-electron chi connectivity index (χ3n) is 2.42. The zero-order valence-electron chi connectivity index (χ0n) is 10.4. The largest absolute Gasteiger partial charge is 0.383 e. The minimum atomic E-state index is 0.0108. The van der Waals surface area contributed by atoms with E-state index in [0.717, 1.165) is 13.0 Å². The van der Waals surface area contributed by atoms with E-state index in [1.807, 2.05) is 0 Å².